The molecule has 20 heteroatoms. The lowest BCUT2D eigenvalue weighted by molar-refractivity contribution is -0.315. The third kappa shape index (κ3) is 61.5. The minimum Gasteiger partial charge on any atom is -0.462 e. The summed E-state index contributed by atoms with van der Waals surface area (Å²) in [7, 11) is 0. The van der Waals surface area contributed by atoms with E-state index in [1.807, 2.05) is 121 Å². The second kappa shape index (κ2) is 86.1. The first-order chi connectivity index (χ1) is 70.7. The van der Waals surface area contributed by atoms with Crippen molar-refractivity contribution in [2.75, 3.05) is 13.2 Å². The van der Waals surface area contributed by atoms with Crippen molar-refractivity contribution < 1.29 is 86.0 Å². The van der Waals surface area contributed by atoms with E-state index in [1.54, 1.807) is 0 Å². The molecule has 6 rings (SSSR count). The predicted octanol–water partition coefficient (Wildman–Crippen LogP) is 31.1. The maximum atomic E-state index is 15.7. The van der Waals surface area contributed by atoms with Gasteiger partial charge in [-0.2, -0.15) is 0 Å². The fourth-order valence-electron chi connectivity index (χ4n) is 20.0. The first-order valence-electron chi connectivity index (χ1n) is 59.3. The van der Waals surface area contributed by atoms with Crippen LogP contribution in [-0.2, 0) is 107 Å². The molecular formula is C124H204N2O18. The van der Waals surface area contributed by atoms with E-state index < -0.39 is 97.4 Å². The number of ether oxygens (including phenoxy) is 11. The van der Waals surface area contributed by atoms with E-state index in [-0.39, 0.29) is 96.1 Å². The molecule has 0 aliphatic carbocycles. The van der Waals surface area contributed by atoms with E-state index in [1.165, 1.54) is 218 Å². The van der Waals surface area contributed by atoms with Gasteiger partial charge in [-0.1, -0.05) is 510 Å². The molecule has 2 aliphatic rings. The summed E-state index contributed by atoms with van der Waals surface area (Å²) in [6, 6.07) is 36.3. The molecule has 0 spiro atoms. The van der Waals surface area contributed by atoms with Gasteiger partial charge in [0.25, 0.3) is 0 Å². The molecule has 2 amide bonds. The number of aliphatic hydroxyl groups excluding tert-OH is 1. The fraction of sp³-hybridized carbons (Fsp3) is 0.758. The zero-order valence-corrected chi connectivity index (χ0v) is 91.5. The van der Waals surface area contributed by atoms with Crippen molar-refractivity contribution >= 4 is 35.7 Å². The van der Waals surface area contributed by atoms with E-state index in [0.29, 0.717) is 51.4 Å². The highest BCUT2D eigenvalue weighted by atomic mass is 16.7. The van der Waals surface area contributed by atoms with Crippen molar-refractivity contribution in [2.24, 2.45) is 0 Å². The third-order valence-corrected chi connectivity index (χ3v) is 28.8. The maximum absolute atomic E-state index is 15.7. The Bertz CT molecular complexity index is 3710. The quantitative estimate of drug-likeness (QED) is 0.0211. The van der Waals surface area contributed by atoms with Crippen LogP contribution in [0.3, 0.4) is 0 Å². The summed E-state index contributed by atoms with van der Waals surface area (Å²) in [6.07, 6.45) is 55.0. The molecule has 0 radical (unpaired) electrons. The number of unbranched alkanes of at least 4 members (excludes halogenated alkanes) is 54. The lowest BCUT2D eigenvalue weighted by Crippen LogP contribution is -2.68. The molecule has 2 aliphatic heterocycles. The van der Waals surface area contributed by atoms with Crippen LogP contribution in [0.1, 0.15) is 507 Å². The summed E-state index contributed by atoms with van der Waals surface area (Å²) in [6.45, 7) is 13.1. The summed E-state index contributed by atoms with van der Waals surface area (Å²) >= 11 is 0. The average Bonchev–Trinajstić information content (AvgIpc) is 0.775. The van der Waals surface area contributed by atoms with E-state index in [0.717, 1.165) is 157 Å². The van der Waals surface area contributed by atoms with Crippen LogP contribution in [0.4, 0.5) is 0 Å². The Balaban J connectivity index is 1.42. The van der Waals surface area contributed by atoms with Gasteiger partial charge in [0.1, 0.15) is 60.9 Å². The van der Waals surface area contributed by atoms with Crippen molar-refractivity contribution in [3.8, 4) is 0 Å². The highest BCUT2D eigenvalue weighted by molar-refractivity contribution is 5.79. The molecule has 0 aromatic heterocycles. The number of rotatable bonds is 94. The molecule has 20 nitrogen and oxygen atoms in total. The van der Waals surface area contributed by atoms with Crippen LogP contribution in [-0.4, -0.2) is 134 Å². The van der Waals surface area contributed by atoms with Crippen LogP contribution in [0.5, 0.6) is 0 Å². The Hall–Kier alpha value is -6.62. The molecule has 144 heavy (non-hydrogen) atoms. The number of esters is 4. The second-order valence-electron chi connectivity index (χ2n) is 42.0. The number of carbonyl (C=O) groups is 6. The highest BCUT2D eigenvalue weighted by Crippen LogP contribution is 2.35. The molecule has 0 unspecified atom stereocenters. The molecule has 0 saturated carbocycles. The van der Waals surface area contributed by atoms with Crippen LogP contribution < -0.4 is 10.6 Å². The smallest absolute Gasteiger partial charge is 0.310 e. The predicted molar refractivity (Wildman–Crippen MR) is 583 cm³/mol. The summed E-state index contributed by atoms with van der Waals surface area (Å²) in [5.74, 6) is -2.80. The molecular weight excluding hydrogens is 1810 g/mol. The molecule has 4 aromatic carbocycles. The van der Waals surface area contributed by atoms with Gasteiger partial charge in [0.15, 0.2) is 18.7 Å². The van der Waals surface area contributed by atoms with Crippen molar-refractivity contribution in [1.29, 1.82) is 0 Å². The monoisotopic (exact) mass is 2010 g/mol. The molecule has 3 N–H and O–H groups in total. The molecule has 818 valence electrons. The summed E-state index contributed by atoms with van der Waals surface area (Å²) in [5, 5.41) is 19.8. The minimum absolute atomic E-state index is 0.0349. The van der Waals surface area contributed by atoms with E-state index in [9.17, 15) is 19.5 Å². The Morgan fingerprint density at radius 2 is 0.528 bits per heavy atom. The SMILES string of the molecule is CCCCCCCCCCCCCCCC(=O)O[C@H](CCCCCCCCCCC)CC(=O)N[C@H]1[C@H](OCc2ccccc2)O[C@H](CO[C@@H]2O[C@H](COCc3ccccc3)[C@@H](O)[C@H](OC(=O)C[C@@H](CCCCCCCCCCC)OC(=O)CCCCCCCCCCCCC)[C@H]2NC(=O)C[C@@H](CCCCCCCCCCC)OC(=O)CCCCCCCCCCC)[C@@H](OCc2ccccc2)[C@@H]1OCc1ccccc1. The summed E-state index contributed by atoms with van der Waals surface area (Å²) in [5.41, 5.74) is 3.35. The van der Waals surface area contributed by atoms with Gasteiger partial charge in [-0.3, -0.25) is 28.8 Å². The van der Waals surface area contributed by atoms with E-state index in [2.05, 4.69) is 52.2 Å². The Labute approximate surface area is 874 Å². The Morgan fingerprint density at radius 1 is 0.271 bits per heavy atom. The normalized spacial score (nSPS) is 18.5. The van der Waals surface area contributed by atoms with Gasteiger partial charge in [0, 0.05) is 19.3 Å². The van der Waals surface area contributed by atoms with Crippen molar-refractivity contribution in [1.82, 2.24) is 10.6 Å². The molecule has 2 heterocycles. The zero-order valence-electron chi connectivity index (χ0n) is 91.5. The first kappa shape index (κ1) is 126. The zero-order chi connectivity index (χ0) is 103. The van der Waals surface area contributed by atoms with Gasteiger partial charge in [0.2, 0.25) is 11.8 Å². The summed E-state index contributed by atoms with van der Waals surface area (Å²) in [4.78, 5) is 89.5. The molecule has 0 bridgehead atoms. The van der Waals surface area contributed by atoms with Crippen LogP contribution in [0, 0.1) is 0 Å². The third-order valence-electron chi connectivity index (χ3n) is 28.8. The first-order valence-corrected chi connectivity index (χ1v) is 59.3. The fourth-order valence-corrected chi connectivity index (χ4v) is 20.0. The van der Waals surface area contributed by atoms with Crippen LogP contribution in [0.2, 0.25) is 0 Å². The van der Waals surface area contributed by atoms with Crippen LogP contribution >= 0.6 is 0 Å². The molecule has 2 saturated heterocycles. The van der Waals surface area contributed by atoms with Crippen LogP contribution in [0.25, 0.3) is 0 Å². The van der Waals surface area contributed by atoms with Gasteiger partial charge in [0.05, 0.1) is 58.9 Å². The van der Waals surface area contributed by atoms with Gasteiger partial charge in [-0.25, -0.2) is 0 Å². The topological polar surface area (TPSA) is 248 Å². The number of benzene rings is 4. The van der Waals surface area contributed by atoms with Crippen LogP contribution in [0.15, 0.2) is 121 Å². The Kier molecular flexibility index (Phi) is 75.4. The lowest BCUT2D eigenvalue weighted by Gasteiger charge is -2.47. The lowest BCUT2D eigenvalue weighted by atomic mass is 9.94. The average molecular weight is 2010 g/mol. The molecule has 2 fully saturated rings. The molecule has 4 aromatic rings. The van der Waals surface area contributed by atoms with E-state index >= 15 is 14.4 Å². The standard InChI is InChI=1S/C124H204N2O18/c1-7-13-19-25-31-37-39-40-42-48-54-59-77-91-114(130)140-107(88-74-56-50-44-34-28-22-16-10-4)94-112(128)126-118-122(136-98-104-83-69-63-70-84-104)120(135-97-103-81-67-62-68-82-103)110(143-124(118)137-99-105-85-71-64-72-86-105)101-138-123-117(125-111(127)93-106(87-73-55-49-43-33-27-21-15-9-3)139-113(129)90-76-58-52-46-36-30-24-18-12-6)121(119(133)109(142-123)100-134-96-102-79-65-61-66-80-102)144-116(132)95-108(89-75-57-51-45-35-29-23-17-11-5)141-115(131)92-78-60-53-47-41-38-32-26-20-14-8-2/h61-72,79-86,106-110,117-124,133H,7-60,73-78,87-101H2,1-6H3,(H,125,127)(H,126,128)/t106-,107-,108-,109-,110-,117-,118-,119-,120-,121-,122-,123-,124-/m1/s1. The number of hydrogen-bond acceptors (Lipinski definition) is 18. The summed E-state index contributed by atoms with van der Waals surface area (Å²) < 4.78 is 75.8. The molecule has 13 atom stereocenters. The van der Waals surface area contributed by atoms with Crippen molar-refractivity contribution in [2.45, 2.75) is 591 Å². The number of carbonyl (C=O) groups excluding carboxylic acids is 6. The maximum Gasteiger partial charge on any atom is 0.310 e. The number of hydrogen-bond donors (Lipinski definition) is 3. The van der Waals surface area contributed by atoms with Gasteiger partial charge in [-0.05, 0) is 80.0 Å². The minimum atomic E-state index is -1.66. The largest absolute Gasteiger partial charge is 0.462 e. The number of aliphatic hydroxyl groups is 1. The van der Waals surface area contributed by atoms with Crippen molar-refractivity contribution in [3.63, 3.8) is 0 Å². The van der Waals surface area contributed by atoms with Gasteiger partial charge in [-0.15, -0.1) is 0 Å². The number of amides is 2. The second-order valence-corrected chi connectivity index (χ2v) is 42.0. The van der Waals surface area contributed by atoms with Gasteiger partial charge < -0.3 is 67.8 Å². The number of nitrogens with one attached hydrogen (secondary N) is 2. The highest BCUT2D eigenvalue weighted by Gasteiger charge is 2.53. The van der Waals surface area contributed by atoms with E-state index in [4.69, 9.17) is 52.1 Å². The van der Waals surface area contributed by atoms with Crippen molar-refractivity contribution in [3.05, 3.63) is 144 Å². The Morgan fingerprint density at radius 3 is 0.847 bits per heavy atom. The van der Waals surface area contributed by atoms with Gasteiger partial charge >= 0.3 is 23.9 Å².